The number of nitrogens with two attached hydrogens (primary N) is 2. The van der Waals surface area contributed by atoms with Crippen LogP contribution < -0.4 is 46.1 Å². The van der Waals surface area contributed by atoms with E-state index in [1.807, 2.05) is 0 Å². The Bertz CT molecular complexity index is 238. The van der Waals surface area contributed by atoms with Crippen LogP contribution in [0.2, 0.25) is 0 Å². The summed E-state index contributed by atoms with van der Waals surface area (Å²) in [7, 11) is 0. The fourth-order valence-electron chi connectivity index (χ4n) is 2.08. The molecule has 1 rings (SSSR count). The number of hydrogen-bond donors (Lipinski definition) is 3. The topological polar surface area (TPSA) is 129 Å². The maximum atomic E-state index is 10.6. The summed E-state index contributed by atoms with van der Waals surface area (Å²) in [4.78, 5) is 19.2. The van der Waals surface area contributed by atoms with Crippen molar-refractivity contribution in [2.24, 2.45) is 16.9 Å². The fraction of sp³-hybridized carbons (Fsp3) is 0.800. The van der Waals surface area contributed by atoms with Crippen LogP contribution in [-0.2, 0) is 4.79 Å². The second kappa shape index (κ2) is 9.70. The minimum absolute atomic E-state index is 0. The number of aliphatic carboxylic acids is 1. The van der Waals surface area contributed by atoms with Gasteiger partial charge in [-0.1, -0.05) is 19.3 Å². The summed E-state index contributed by atoms with van der Waals surface area (Å²) >= 11 is 0. The van der Waals surface area contributed by atoms with Crippen LogP contribution in [0, 0.1) is 5.41 Å². The second-order valence-electron chi connectivity index (χ2n) is 4.15. The Hall–Kier alpha value is -0.300. The van der Waals surface area contributed by atoms with Crippen LogP contribution in [0.15, 0.2) is 0 Å². The standard InChI is InChI=1S/C9H17NO2.CH3NO2.Na/c10-7-9(6-8(11)12)4-2-1-3-5-9;2-1(3)4;/h1-7,10H2,(H,11,12);2H2,(H,3,4);/q;;+1/p-1. The first kappa shape index (κ1) is 19.0. The van der Waals surface area contributed by atoms with Gasteiger partial charge in [0.1, 0.15) is 6.09 Å². The molecule has 1 amide bonds. The van der Waals surface area contributed by atoms with Crippen LogP contribution in [-0.4, -0.2) is 23.7 Å². The number of carboxylic acids is 1. The van der Waals surface area contributed by atoms with Gasteiger partial charge >= 0.3 is 35.5 Å². The summed E-state index contributed by atoms with van der Waals surface area (Å²) in [6.45, 7) is 0.527. The molecule has 0 heterocycles. The van der Waals surface area contributed by atoms with Crippen molar-refractivity contribution in [1.82, 2.24) is 0 Å². The molecule has 1 saturated carbocycles. The summed E-state index contributed by atoms with van der Waals surface area (Å²) in [5.41, 5.74) is 9.46. The zero-order chi connectivity index (χ0) is 12.6. The van der Waals surface area contributed by atoms with Crippen molar-refractivity contribution in [3.8, 4) is 0 Å². The largest absolute Gasteiger partial charge is 1.00 e. The normalized spacial score (nSPS) is 17.0. The van der Waals surface area contributed by atoms with Crippen molar-refractivity contribution in [1.29, 1.82) is 0 Å². The number of hydrogen-bond acceptors (Lipinski definition) is 4. The molecule has 1 fully saturated rings. The molecule has 0 aromatic carbocycles. The van der Waals surface area contributed by atoms with Crippen molar-refractivity contribution in [2.75, 3.05) is 6.54 Å². The van der Waals surface area contributed by atoms with Crippen molar-refractivity contribution >= 4 is 12.1 Å². The van der Waals surface area contributed by atoms with Crippen molar-refractivity contribution in [3.63, 3.8) is 0 Å². The summed E-state index contributed by atoms with van der Waals surface area (Å²) in [5, 5.41) is 17.4. The van der Waals surface area contributed by atoms with Gasteiger partial charge in [0.2, 0.25) is 0 Å². The Balaban J connectivity index is 0. The van der Waals surface area contributed by atoms with E-state index >= 15 is 0 Å². The summed E-state index contributed by atoms with van der Waals surface area (Å²) in [6, 6.07) is 0. The van der Waals surface area contributed by atoms with Gasteiger partial charge in [0, 0.05) is 0 Å². The van der Waals surface area contributed by atoms with E-state index in [2.05, 4.69) is 5.73 Å². The number of carboxylic acid groups (broad SMARTS) is 2. The van der Waals surface area contributed by atoms with Gasteiger partial charge < -0.3 is 26.5 Å². The molecule has 0 aromatic rings. The predicted octanol–water partition coefficient (Wildman–Crippen LogP) is -3.34. The summed E-state index contributed by atoms with van der Waals surface area (Å²) in [5.74, 6) is -0.706. The van der Waals surface area contributed by atoms with E-state index in [0.29, 0.717) is 6.54 Å². The molecule has 5 N–H and O–H groups in total. The molecule has 0 bridgehead atoms. The van der Waals surface area contributed by atoms with Gasteiger partial charge in [0.25, 0.3) is 0 Å². The number of amides is 1. The van der Waals surface area contributed by atoms with E-state index in [-0.39, 0.29) is 41.4 Å². The molecular weight excluding hydrogens is 235 g/mol. The van der Waals surface area contributed by atoms with Gasteiger partial charge in [-0.3, -0.25) is 4.79 Å². The van der Waals surface area contributed by atoms with E-state index in [4.69, 9.17) is 20.7 Å². The Morgan fingerprint density at radius 1 is 1.24 bits per heavy atom. The van der Waals surface area contributed by atoms with Crippen LogP contribution >= 0.6 is 0 Å². The second-order valence-corrected chi connectivity index (χ2v) is 4.15. The Kier molecular flexibility index (Phi) is 10.9. The third-order valence-electron chi connectivity index (χ3n) is 2.87. The molecule has 0 atom stereocenters. The summed E-state index contributed by atoms with van der Waals surface area (Å²) in [6.07, 6.45) is 4.19. The third kappa shape index (κ3) is 9.41. The Morgan fingerprint density at radius 3 is 1.94 bits per heavy atom. The van der Waals surface area contributed by atoms with Crippen LogP contribution in [0.3, 0.4) is 0 Å². The molecule has 94 valence electrons. The fourth-order valence-corrected chi connectivity index (χ4v) is 2.08. The van der Waals surface area contributed by atoms with Crippen LogP contribution in [0.4, 0.5) is 4.79 Å². The molecule has 1 aliphatic carbocycles. The Morgan fingerprint density at radius 2 is 1.65 bits per heavy atom. The van der Waals surface area contributed by atoms with Crippen molar-refractivity contribution < 1.29 is 49.4 Å². The SMILES string of the molecule is NC(=O)[O-].NCC1(CC(=O)O)CCCCC1.[Na+]. The monoisotopic (exact) mass is 254 g/mol. The average Bonchev–Trinajstić information content (AvgIpc) is 2.17. The molecule has 0 unspecified atom stereocenters. The van der Waals surface area contributed by atoms with Gasteiger partial charge in [0.15, 0.2) is 0 Å². The quantitative estimate of drug-likeness (QED) is 0.453. The zero-order valence-electron chi connectivity index (χ0n) is 10.3. The number of primary amides is 1. The summed E-state index contributed by atoms with van der Waals surface area (Å²) < 4.78 is 0. The van der Waals surface area contributed by atoms with Crippen LogP contribution in [0.5, 0.6) is 0 Å². The van der Waals surface area contributed by atoms with Gasteiger partial charge in [-0.2, -0.15) is 0 Å². The van der Waals surface area contributed by atoms with Gasteiger partial charge in [-0.25, -0.2) is 0 Å². The van der Waals surface area contributed by atoms with Crippen molar-refractivity contribution in [2.45, 2.75) is 38.5 Å². The number of carbonyl (C=O) groups excluding carboxylic acids is 1. The molecule has 0 aromatic heterocycles. The van der Waals surface area contributed by atoms with E-state index in [0.717, 1.165) is 25.7 Å². The smallest absolute Gasteiger partial charge is 0.530 e. The van der Waals surface area contributed by atoms with Crippen LogP contribution in [0.1, 0.15) is 38.5 Å². The molecule has 7 heteroatoms. The van der Waals surface area contributed by atoms with E-state index in [9.17, 15) is 4.79 Å². The van der Waals surface area contributed by atoms with Crippen LogP contribution in [0.25, 0.3) is 0 Å². The minimum atomic E-state index is -1.58. The first-order valence-electron chi connectivity index (χ1n) is 5.30. The van der Waals surface area contributed by atoms with Crippen molar-refractivity contribution in [3.05, 3.63) is 0 Å². The third-order valence-corrected chi connectivity index (χ3v) is 2.87. The van der Waals surface area contributed by atoms with Gasteiger partial charge in [0.05, 0.1) is 6.42 Å². The van der Waals surface area contributed by atoms with E-state index < -0.39 is 12.1 Å². The molecule has 0 saturated heterocycles. The molecular formula is C10H19N2NaO4. The predicted molar refractivity (Wildman–Crippen MR) is 56.4 cm³/mol. The first-order valence-corrected chi connectivity index (χ1v) is 5.30. The average molecular weight is 254 g/mol. The molecule has 0 spiro atoms. The molecule has 17 heavy (non-hydrogen) atoms. The van der Waals surface area contributed by atoms with E-state index in [1.54, 1.807) is 0 Å². The zero-order valence-corrected chi connectivity index (χ0v) is 12.3. The molecule has 0 aliphatic heterocycles. The van der Waals surface area contributed by atoms with Gasteiger partial charge in [-0.15, -0.1) is 0 Å². The maximum Gasteiger partial charge on any atom is 1.00 e. The number of rotatable bonds is 3. The Labute approximate surface area is 123 Å². The van der Waals surface area contributed by atoms with Gasteiger partial charge in [-0.05, 0) is 24.8 Å². The minimum Gasteiger partial charge on any atom is -0.530 e. The maximum absolute atomic E-state index is 10.6. The molecule has 1 aliphatic rings. The molecule has 6 nitrogen and oxygen atoms in total. The number of carbonyl (C=O) groups is 2. The molecule has 0 radical (unpaired) electrons. The first-order chi connectivity index (χ1) is 7.42. The van der Waals surface area contributed by atoms with E-state index in [1.165, 1.54) is 6.42 Å².